The van der Waals surface area contributed by atoms with Gasteiger partial charge in [0.25, 0.3) is 5.91 Å². The molecule has 1 aromatic heterocycles. The van der Waals surface area contributed by atoms with E-state index >= 15 is 0 Å². The van der Waals surface area contributed by atoms with Crippen LogP contribution in [0.1, 0.15) is 16.1 Å². The van der Waals surface area contributed by atoms with E-state index in [0.717, 1.165) is 5.56 Å². The largest absolute Gasteiger partial charge is 0.379 e. The first-order chi connectivity index (χ1) is 12.0. The fourth-order valence-electron chi connectivity index (χ4n) is 2.47. The number of carbonyl (C=O) groups is 1. The molecular formula is C16H18FN3O4S. The Balaban J connectivity index is 1.65. The first-order valence-corrected chi connectivity index (χ1v) is 9.20. The van der Waals surface area contributed by atoms with E-state index in [0.29, 0.717) is 26.3 Å². The lowest BCUT2D eigenvalue weighted by molar-refractivity contribution is 0.0730. The Morgan fingerprint density at radius 2 is 1.92 bits per heavy atom. The van der Waals surface area contributed by atoms with Crippen LogP contribution in [-0.2, 0) is 21.3 Å². The van der Waals surface area contributed by atoms with Gasteiger partial charge in [0, 0.05) is 25.8 Å². The first-order valence-electron chi connectivity index (χ1n) is 7.76. The van der Waals surface area contributed by atoms with Crippen LogP contribution in [0.3, 0.4) is 0 Å². The van der Waals surface area contributed by atoms with Crippen LogP contribution >= 0.6 is 0 Å². The van der Waals surface area contributed by atoms with E-state index in [9.17, 15) is 17.6 Å². The van der Waals surface area contributed by atoms with E-state index < -0.39 is 15.9 Å². The number of hydrogen-bond donors (Lipinski definition) is 2. The molecule has 2 N–H and O–H groups in total. The Kier molecular flexibility index (Phi) is 5.16. The van der Waals surface area contributed by atoms with Gasteiger partial charge in [-0.2, -0.15) is 4.31 Å². The van der Waals surface area contributed by atoms with Gasteiger partial charge in [-0.25, -0.2) is 12.8 Å². The molecule has 1 aromatic carbocycles. The van der Waals surface area contributed by atoms with Crippen molar-refractivity contribution < 1.29 is 22.3 Å². The van der Waals surface area contributed by atoms with E-state index in [2.05, 4.69) is 10.3 Å². The average Bonchev–Trinajstić information content (AvgIpc) is 3.13. The highest BCUT2D eigenvalue weighted by Crippen LogP contribution is 2.18. The van der Waals surface area contributed by atoms with Gasteiger partial charge in [0.1, 0.15) is 16.4 Å². The van der Waals surface area contributed by atoms with E-state index in [1.54, 1.807) is 12.1 Å². The van der Waals surface area contributed by atoms with E-state index in [1.807, 2.05) is 0 Å². The van der Waals surface area contributed by atoms with Crippen LogP contribution < -0.4 is 5.32 Å². The van der Waals surface area contributed by atoms with Crippen molar-refractivity contribution in [3.8, 4) is 0 Å². The summed E-state index contributed by atoms with van der Waals surface area (Å²) in [5, 5.41) is 2.66. The molecule has 0 bridgehead atoms. The van der Waals surface area contributed by atoms with Crippen LogP contribution in [0.15, 0.2) is 41.4 Å². The summed E-state index contributed by atoms with van der Waals surface area (Å²) in [6.07, 6.45) is 1.30. The standard InChI is InChI=1S/C16H18FN3O4S/c17-13-3-1-12(2-4-13)10-19-16(21)15-9-14(11-18-15)25(22,23)20-5-7-24-8-6-20/h1-4,9,11,18H,5-8,10H2,(H,19,21). The molecule has 0 atom stereocenters. The van der Waals surface area contributed by atoms with E-state index in [1.165, 1.54) is 28.7 Å². The van der Waals surface area contributed by atoms with Crippen LogP contribution in [0.2, 0.25) is 0 Å². The number of benzene rings is 1. The zero-order chi connectivity index (χ0) is 17.9. The molecule has 0 unspecified atom stereocenters. The number of ether oxygens (including phenoxy) is 1. The molecule has 7 nitrogen and oxygen atoms in total. The van der Waals surface area contributed by atoms with Crippen molar-refractivity contribution in [2.45, 2.75) is 11.4 Å². The zero-order valence-corrected chi connectivity index (χ0v) is 14.2. The smallest absolute Gasteiger partial charge is 0.268 e. The molecule has 2 heterocycles. The minimum Gasteiger partial charge on any atom is -0.379 e. The molecule has 25 heavy (non-hydrogen) atoms. The number of rotatable bonds is 5. The number of H-pyrrole nitrogens is 1. The molecule has 9 heteroatoms. The fourth-order valence-corrected chi connectivity index (χ4v) is 3.87. The predicted molar refractivity (Wildman–Crippen MR) is 87.9 cm³/mol. The second kappa shape index (κ2) is 7.34. The minimum atomic E-state index is -3.65. The molecule has 0 radical (unpaired) electrons. The summed E-state index contributed by atoms with van der Waals surface area (Å²) in [5.74, 6) is -0.787. The molecule has 1 amide bonds. The van der Waals surface area contributed by atoms with Crippen LogP contribution in [0.5, 0.6) is 0 Å². The van der Waals surface area contributed by atoms with E-state index in [4.69, 9.17) is 4.74 Å². The average molecular weight is 367 g/mol. The summed E-state index contributed by atoms with van der Waals surface area (Å²) < 4.78 is 44.4. The van der Waals surface area contributed by atoms with Gasteiger partial charge in [-0.05, 0) is 23.8 Å². The Labute approximate surface area is 144 Å². The number of aromatic nitrogens is 1. The molecule has 2 aromatic rings. The zero-order valence-electron chi connectivity index (χ0n) is 13.4. The summed E-state index contributed by atoms with van der Waals surface area (Å²) in [5.41, 5.74) is 0.886. The van der Waals surface area contributed by atoms with Gasteiger partial charge >= 0.3 is 0 Å². The number of aromatic amines is 1. The lowest BCUT2D eigenvalue weighted by Crippen LogP contribution is -2.40. The lowest BCUT2D eigenvalue weighted by atomic mass is 10.2. The van der Waals surface area contributed by atoms with Gasteiger partial charge in [0.15, 0.2) is 0 Å². The fraction of sp³-hybridized carbons (Fsp3) is 0.312. The number of morpholine rings is 1. The number of nitrogens with zero attached hydrogens (tertiary/aromatic N) is 1. The Morgan fingerprint density at radius 1 is 1.24 bits per heavy atom. The van der Waals surface area contributed by atoms with Gasteiger partial charge in [0.05, 0.1) is 13.2 Å². The molecule has 1 fully saturated rings. The van der Waals surface area contributed by atoms with Gasteiger partial charge in [-0.1, -0.05) is 12.1 Å². The summed E-state index contributed by atoms with van der Waals surface area (Å²) >= 11 is 0. The molecule has 0 aliphatic carbocycles. The van der Waals surface area contributed by atoms with Crippen LogP contribution in [0.25, 0.3) is 0 Å². The summed E-state index contributed by atoms with van der Waals surface area (Å²) in [4.78, 5) is 14.9. The number of sulfonamides is 1. The molecule has 0 spiro atoms. The van der Waals surface area contributed by atoms with Gasteiger partial charge < -0.3 is 15.0 Å². The number of amides is 1. The summed E-state index contributed by atoms with van der Waals surface area (Å²) in [6, 6.07) is 7.06. The number of nitrogens with one attached hydrogen (secondary N) is 2. The van der Waals surface area contributed by atoms with Gasteiger partial charge in [0.2, 0.25) is 10.0 Å². The topological polar surface area (TPSA) is 91.5 Å². The third-order valence-corrected chi connectivity index (χ3v) is 5.75. The monoisotopic (exact) mass is 367 g/mol. The Morgan fingerprint density at radius 3 is 2.60 bits per heavy atom. The van der Waals surface area contributed by atoms with Crippen molar-refractivity contribution >= 4 is 15.9 Å². The summed E-state index contributed by atoms with van der Waals surface area (Å²) in [7, 11) is -3.65. The first kappa shape index (κ1) is 17.6. The molecule has 1 aliphatic rings. The second-order valence-electron chi connectivity index (χ2n) is 5.57. The minimum absolute atomic E-state index is 0.0429. The second-order valence-corrected chi connectivity index (χ2v) is 7.51. The summed E-state index contributed by atoms with van der Waals surface area (Å²) in [6.45, 7) is 1.51. The third kappa shape index (κ3) is 4.06. The molecular weight excluding hydrogens is 349 g/mol. The highest BCUT2D eigenvalue weighted by atomic mass is 32.2. The normalized spacial score (nSPS) is 15.9. The predicted octanol–water partition coefficient (Wildman–Crippen LogP) is 1.10. The van der Waals surface area contributed by atoms with Gasteiger partial charge in [-0.3, -0.25) is 4.79 Å². The maximum atomic E-state index is 12.9. The third-order valence-electron chi connectivity index (χ3n) is 3.88. The SMILES string of the molecule is O=C(NCc1ccc(F)cc1)c1cc(S(=O)(=O)N2CCOCC2)c[nH]1. The van der Waals surface area contributed by atoms with Crippen LogP contribution in [0, 0.1) is 5.82 Å². The number of halogens is 1. The van der Waals surface area contributed by atoms with Crippen LogP contribution in [0.4, 0.5) is 4.39 Å². The molecule has 134 valence electrons. The van der Waals surface area contributed by atoms with Crippen molar-refractivity contribution in [3.63, 3.8) is 0 Å². The van der Waals surface area contributed by atoms with Crippen LogP contribution in [-0.4, -0.2) is 49.9 Å². The number of carbonyl (C=O) groups excluding carboxylic acids is 1. The highest BCUT2D eigenvalue weighted by molar-refractivity contribution is 7.89. The maximum absolute atomic E-state index is 12.9. The van der Waals surface area contributed by atoms with Gasteiger partial charge in [-0.15, -0.1) is 0 Å². The molecule has 3 rings (SSSR count). The van der Waals surface area contributed by atoms with Crippen molar-refractivity contribution in [1.82, 2.24) is 14.6 Å². The molecule has 1 aliphatic heterocycles. The Bertz CT molecular complexity index is 843. The number of hydrogen-bond acceptors (Lipinski definition) is 4. The van der Waals surface area contributed by atoms with Crippen molar-refractivity contribution in [2.24, 2.45) is 0 Å². The lowest BCUT2D eigenvalue weighted by Gasteiger charge is -2.25. The molecule has 1 saturated heterocycles. The maximum Gasteiger partial charge on any atom is 0.268 e. The van der Waals surface area contributed by atoms with E-state index in [-0.39, 0.29) is 23.0 Å². The quantitative estimate of drug-likeness (QED) is 0.828. The van der Waals surface area contributed by atoms with Crippen molar-refractivity contribution in [3.05, 3.63) is 53.6 Å². The molecule has 0 saturated carbocycles. The Hall–Kier alpha value is -2.23. The van der Waals surface area contributed by atoms with Crippen molar-refractivity contribution in [2.75, 3.05) is 26.3 Å². The van der Waals surface area contributed by atoms with Crippen molar-refractivity contribution in [1.29, 1.82) is 0 Å². The highest BCUT2D eigenvalue weighted by Gasteiger charge is 2.27.